The van der Waals surface area contributed by atoms with Crippen LogP contribution in [-0.4, -0.2) is 31.0 Å². The average Bonchev–Trinajstić information content (AvgIpc) is 3.20. The first-order valence-corrected chi connectivity index (χ1v) is 17.9. The average molecular weight is 690 g/mol. The molecule has 1 aliphatic rings. The highest BCUT2D eigenvalue weighted by molar-refractivity contribution is 5.86. The fourth-order valence-electron chi connectivity index (χ4n) is 6.87. The minimum Gasteiger partial charge on any atom is -0.374 e. The van der Waals surface area contributed by atoms with Gasteiger partial charge in [-0.15, -0.1) is 0 Å². The van der Waals surface area contributed by atoms with Crippen molar-refractivity contribution in [3.8, 4) is 6.07 Å². The zero-order chi connectivity index (χ0) is 35.4. The van der Waals surface area contributed by atoms with E-state index >= 15 is 0 Å². The first-order chi connectivity index (χ1) is 25.7. The van der Waals surface area contributed by atoms with Gasteiger partial charge in [-0.1, -0.05) is 152 Å². The predicted molar refractivity (Wildman–Crippen MR) is 202 cm³/mol. The molecule has 6 aromatic rings. The van der Waals surface area contributed by atoms with E-state index in [1.54, 1.807) is 0 Å². The minimum absolute atomic E-state index is 0.275. The first kappa shape index (κ1) is 35.3. The lowest BCUT2D eigenvalue weighted by Gasteiger charge is -2.46. The van der Waals surface area contributed by atoms with E-state index in [0.717, 1.165) is 44.2 Å². The third kappa shape index (κ3) is 9.02. The number of nitriles is 1. The summed E-state index contributed by atoms with van der Waals surface area (Å²) < 4.78 is 34.2. The van der Waals surface area contributed by atoms with Gasteiger partial charge in [-0.2, -0.15) is 5.26 Å². The summed E-state index contributed by atoms with van der Waals surface area (Å²) in [4.78, 5) is 0. The SMILES string of the molecule is N#CCc1cc(C2OC(COCc3ccccc3)C(OCc3ccccc3)C(OCc3ccccc3)C2OCc2ccccc2)cc2ccccc12. The largest absolute Gasteiger partial charge is 0.374 e. The van der Waals surface area contributed by atoms with Crippen molar-refractivity contribution in [3.05, 3.63) is 191 Å². The van der Waals surface area contributed by atoms with Gasteiger partial charge in [0.05, 0.1) is 45.5 Å². The monoisotopic (exact) mass is 689 g/mol. The lowest BCUT2D eigenvalue weighted by molar-refractivity contribution is -0.275. The normalized spacial score (nSPS) is 20.0. The number of benzene rings is 6. The minimum atomic E-state index is -0.564. The van der Waals surface area contributed by atoms with Crippen LogP contribution in [0.2, 0.25) is 0 Å². The van der Waals surface area contributed by atoms with E-state index in [9.17, 15) is 5.26 Å². The molecule has 0 saturated carbocycles. The van der Waals surface area contributed by atoms with E-state index in [1.807, 2.05) is 84.9 Å². The van der Waals surface area contributed by atoms with Gasteiger partial charge in [0.2, 0.25) is 0 Å². The van der Waals surface area contributed by atoms with Crippen LogP contribution in [0.1, 0.15) is 39.5 Å². The van der Waals surface area contributed by atoms with Gasteiger partial charge in [-0.25, -0.2) is 0 Å². The summed E-state index contributed by atoms with van der Waals surface area (Å²) in [7, 11) is 0. The van der Waals surface area contributed by atoms with Crippen LogP contribution in [0.3, 0.4) is 0 Å². The Balaban J connectivity index is 1.29. The quantitative estimate of drug-likeness (QED) is 0.107. The van der Waals surface area contributed by atoms with E-state index in [2.05, 4.69) is 78.9 Å². The Morgan fingerprint density at radius 3 is 1.56 bits per heavy atom. The van der Waals surface area contributed by atoms with Crippen LogP contribution >= 0.6 is 0 Å². The molecule has 0 amide bonds. The van der Waals surface area contributed by atoms with Crippen molar-refractivity contribution in [1.29, 1.82) is 5.26 Å². The second-order valence-corrected chi connectivity index (χ2v) is 13.1. The van der Waals surface area contributed by atoms with Gasteiger partial charge in [0.1, 0.15) is 30.5 Å². The summed E-state index contributed by atoms with van der Waals surface area (Å²) in [6, 6.07) is 55.4. The highest BCUT2D eigenvalue weighted by atomic mass is 16.6. The van der Waals surface area contributed by atoms with Crippen LogP contribution in [0, 0.1) is 11.3 Å². The molecule has 0 radical (unpaired) electrons. The van der Waals surface area contributed by atoms with Gasteiger partial charge in [-0.3, -0.25) is 0 Å². The molecule has 1 saturated heterocycles. The number of fused-ring (bicyclic) bond motifs is 1. The van der Waals surface area contributed by atoms with E-state index in [0.29, 0.717) is 26.4 Å². The van der Waals surface area contributed by atoms with E-state index in [-0.39, 0.29) is 13.0 Å². The molecule has 0 aromatic heterocycles. The molecule has 52 heavy (non-hydrogen) atoms. The molecule has 5 atom stereocenters. The summed E-state index contributed by atoms with van der Waals surface area (Å²) in [5.74, 6) is 0. The van der Waals surface area contributed by atoms with Crippen molar-refractivity contribution in [3.63, 3.8) is 0 Å². The fraction of sp³-hybridized carbons (Fsp3) is 0.239. The Hall–Kier alpha value is -5.13. The molecule has 0 bridgehead atoms. The molecular weight excluding hydrogens is 647 g/mol. The molecule has 1 aliphatic heterocycles. The third-order valence-corrected chi connectivity index (χ3v) is 9.45. The smallest absolute Gasteiger partial charge is 0.117 e. The standard InChI is InChI=1S/C46H43NO5/c47-26-25-39-28-40(27-38-23-13-14-24-41(38)39)43-45(50-31-36-19-9-3-10-20-36)46(51-32-37-21-11-4-12-22-37)44(49-30-35-17-7-2-8-18-35)42(52-43)33-48-29-34-15-5-1-6-16-34/h1-24,27-28,42-46H,25,29-33H2. The summed E-state index contributed by atoms with van der Waals surface area (Å²) in [5.41, 5.74) is 6.09. The predicted octanol–water partition coefficient (Wildman–Crippen LogP) is 9.32. The van der Waals surface area contributed by atoms with Crippen LogP contribution < -0.4 is 0 Å². The molecule has 7 rings (SSSR count). The van der Waals surface area contributed by atoms with Crippen LogP contribution in [0.15, 0.2) is 158 Å². The van der Waals surface area contributed by atoms with Crippen molar-refractivity contribution in [2.75, 3.05) is 6.61 Å². The van der Waals surface area contributed by atoms with Gasteiger partial charge >= 0.3 is 0 Å². The topological polar surface area (TPSA) is 69.9 Å². The molecule has 0 aliphatic carbocycles. The van der Waals surface area contributed by atoms with Crippen molar-refractivity contribution in [1.82, 2.24) is 0 Å². The van der Waals surface area contributed by atoms with Crippen molar-refractivity contribution < 1.29 is 23.7 Å². The summed E-state index contributed by atoms with van der Waals surface area (Å²) >= 11 is 0. The number of ether oxygens (including phenoxy) is 5. The second kappa shape index (κ2) is 17.9. The third-order valence-electron chi connectivity index (χ3n) is 9.45. The van der Waals surface area contributed by atoms with Gasteiger partial charge in [0.15, 0.2) is 0 Å². The first-order valence-electron chi connectivity index (χ1n) is 17.9. The number of hydrogen-bond donors (Lipinski definition) is 0. The lowest BCUT2D eigenvalue weighted by atomic mass is 9.88. The van der Waals surface area contributed by atoms with Crippen LogP contribution in [0.25, 0.3) is 10.8 Å². The van der Waals surface area contributed by atoms with Crippen molar-refractivity contribution in [2.24, 2.45) is 0 Å². The van der Waals surface area contributed by atoms with Crippen LogP contribution in [0.5, 0.6) is 0 Å². The molecule has 6 heteroatoms. The highest BCUT2D eigenvalue weighted by Crippen LogP contribution is 2.40. The summed E-state index contributed by atoms with van der Waals surface area (Å²) in [6.45, 7) is 1.80. The van der Waals surface area contributed by atoms with E-state index < -0.39 is 30.5 Å². The van der Waals surface area contributed by atoms with E-state index in [4.69, 9.17) is 23.7 Å². The molecular formula is C46H43NO5. The molecule has 0 spiro atoms. The number of nitrogens with zero attached hydrogens (tertiary/aromatic N) is 1. The van der Waals surface area contributed by atoms with Crippen molar-refractivity contribution >= 4 is 10.8 Å². The van der Waals surface area contributed by atoms with Gasteiger partial charge in [0, 0.05) is 0 Å². The van der Waals surface area contributed by atoms with Crippen molar-refractivity contribution in [2.45, 2.75) is 63.4 Å². The Labute approximate surface area is 306 Å². The van der Waals surface area contributed by atoms with Gasteiger partial charge in [-0.05, 0) is 50.2 Å². The molecule has 1 fully saturated rings. The Kier molecular flexibility index (Phi) is 12.1. The zero-order valence-electron chi connectivity index (χ0n) is 29.1. The molecule has 1 heterocycles. The summed E-state index contributed by atoms with van der Waals surface area (Å²) in [5, 5.41) is 11.9. The Morgan fingerprint density at radius 1 is 0.519 bits per heavy atom. The lowest BCUT2D eigenvalue weighted by Crippen LogP contribution is -2.58. The van der Waals surface area contributed by atoms with Gasteiger partial charge < -0.3 is 23.7 Å². The number of hydrogen-bond acceptors (Lipinski definition) is 6. The second-order valence-electron chi connectivity index (χ2n) is 13.1. The van der Waals surface area contributed by atoms with Crippen LogP contribution in [-0.2, 0) is 56.5 Å². The zero-order valence-corrected chi connectivity index (χ0v) is 29.1. The van der Waals surface area contributed by atoms with Crippen LogP contribution in [0.4, 0.5) is 0 Å². The molecule has 262 valence electrons. The number of rotatable bonds is 15. The van der Waals surface area contributed by atoms with Gasteiger partial charge in [0.25, 0.3) is 0 Å². The summed E-state index contributed by atoms with van der Waals surface area (Å²) in [6.07, 6.45) is -2.41. The highest BCUT2D eigenvalue weighted by Gasteiger charge is 2.49. The maximum absolute atomic E-state index is 9.82. The maximum Gasteiger partial charge on any atom is 0.117 e. The molecule has 5 unspecified atom stereocenters. The fourth-order valence-corrected chi connectivity index (χ4v) is 6.87. The maximum atomic E-state index is 9.82. The Bertz CT molecular complexity index is 2020. The van der Waals surface area contributed by atoms with E-state index in [1.165, 1.54) is 0 Å². The molecule has 6 nitrogen and oxygen atoms in total. The molecule has 0 N–H and O–H groups in total. The molecule has 6 aromatic carbocycles. The Morgan fingerprint density at radius 2 is 1.00 bits per heavy atom.